The number of aliphatic hydroxyl groups excluding tert-OH is 1. The van der Waals surface area contributed by atoms with E-state index in [1.165, 1.54) is 7.11 Å². The number of aryl methyl sites for hydroxylation is 1. The van der Waals surface area contributed by atoms with Crippen LogP contribution in [0.15, 0.2) is 66.7 Å². The van der Waals surface area contributed by atoms with E-state index in [0.29, 0.717) is 29.1 Å². The predicted octanol–water partition coefficient (Wildman–Crippen LogP) is 5.07. The van der Waals surface area contributed by atoms with Crippen molar-refractivity contribution in [2.45, 2.75) is 38.4 Å². The van der Waals surface area contributed by atoms with Crippen molar-refractivity contribution in [1.82, 2.24) is 4.90 Å². The Morgan fingerprint density at radius 1 is 0.947 bits per heavy atom. The SMILES string of the molecule is COc1cc(CO)ccc1NC(=O)CCc1ccc(NC(=O)OC2CCN(C)CC2)c(-c2ccccc2)c1. The molecule has 0 radical (unpaired) electrons. The minimum atomic E-state index is -0.454. The van der Waals surface area contributed by atoms with Crippen molar-refractivity contribution < 1.29 is 24.2 Å². The molecule has 0 unspecified atom stereocenters. The largest absolute Gasteiger partial charge is 0.495 e. The van der Waals surface area contributed by atoms with Gasteiger partial charge < -0.3 is 24.8 Å². The van der Waals surface area contributed by atoms with E-state index in [4.69, 9.17) is 9.47 Å². The average Bonchev–Trinajstić information content (AvgIpc) is 2.94. The minimum Gasteiger partial charge on any atom is -0.495 e. The van der Waals surface area contributed by atoms with Crippen molar-refractivity contribution >= 4 is 23.4 Å². The third kappa shape index (κ3) is 7.34. The number of amides is 2. The van der Waals surface area contributed by atoms with Gasteiger partial charge in [-0.1, -0.05) is 42.5 Å². The fraction of sp³-hybridized carbons (Fsp3) is 0.333. The lowest BCUT2D eigenvalue weighted by molar-refractivity contribution is -0.116. The molecule has 0 atom stereocenters. The van der Waals surface area contributed by atoms with E-state index in [-0.39, 0.29) is 25.0 Å². The second-order valence-electron chi connectivity index (χ2n) is 9.52. The number of aliphatic hydroxyl groups is 1. The van der Waals surface area contributed by atoms with E-state index in [1.807, 2.05) is 48.5 Å². The molecule has 1 saturated heterocycles. The number of carbonyl (C=O) groups excluding carboxylic acids is 2. The van der Waals surface area contributed by atoms with Gasteiger partial charge in [-0.15, -0.1) is 0 Å². The van der Waals surface area contributed by atoms with Crippen molar-refractivity contribution in [3.63, 3.8) is 0 Å². The van der Waals surface area contributed by atoms with Crippen LogP contribution in [0.2, 0.25) is 0 Å². The summed E-state index contributed by atoms with van der Waals surface area (Å²) in [6.45, 7) is 1.72. The number of rotatable bonds is 9. The molecule has 3 aromatic rings. The molecule has 0 spiro atoms. The van der Waals surface area contributed by atoms with Crippen LogP contribution >= 0.6 is 0 Å². The standard InChI is InChI=1S/C30H35N3O5/c1-33-16-14-24(15-17-33)38-30(36)32-26-11-8-21(18-25(26)23-6-4-3-5-7-23)10-13-29(35)31-27-12-9-22(20-34)19-28(27)37-2/h3-9,11-12,18-19,24,34H,10,13-17,20H2,1-2H3,(H,31,35)(H,32,36). The van der Waals surface area contributed by atoms with Gasteiger partial charge in [0.15, 0.2) is 0 Å². The van der Waals surface area contributed by atoms with Crippen LogP contribution in [-0.4, -0.2) is 55.4 Å². The molecule has 2 amide bonds. The van der Waals surface area contributed by atoms with Crippen molar-refractivity contribution in [2.75, 3.05) is 37.9 Å². The summed E-state index contributed by atoms with van der Waals surface area (Å²) in [5.74, 6) is 0.351. The highest BCUT2D eigenvalue weighted by Crippen LogP contribution is 2.30. The van der Waals surface area contributed by atoms with Crippen LogP contribution < -0.4 is 15.4 Å². The van der Waals surface area contributed by atoms with Gasteiger partial charge in [0.25, 0.3) is 0 Å². The Morgan fingerprint density at radius 3 is 2.37 bits per heavy atom. The molecule has 1 heterocycles. The van der Waals surface area contributed by atoms with Gasteiger partial charge in [-0.25, -0.2) is 4.79 Å². The summed E-state index contributed by atoms with van der Waals surface area (Å²) < 4.78 is 11.0. The molecule has 1 fully saturated rings. The number of hydrogen-bond donors (Lipinski definition) is 3. The molecule has 1 aliphatic heterocycles. The molecule has 4 rings (SSSR count). The van der Waals surface area contributed by atoms with E-state index in [9.17, 15) is 14.7 Å². The third-order valence-electron chi connectivity index (χ3n) is 6.71. The van der Waals surface area contributed by atoms with Gasteiger partial charge in [0, 0.05) is 25.1 Å². The van der Waals surface area contributed by atoms with Crippen LogP contribution in [0.25, 0.3) is 11.1 Å². The summed E-state index contributed by atoms with van der Waals surface area (Å²) in [6, 6.07) is 20.8. The lowest BCUT2D eigenvalue weighted by Gasteiger charge is -2.28. The van der Waals surface area contributed by atoms with Crippen LogP contribution in [0.3, 0.4) is 0 Å². The van der Waals surface area contributed by atoms with Crippen molar-refractivity contribution in [3.05, 3.63) is 77.9 Å². The molecule has 200 valence electrons. The van der Waals surface area contributed by atoms with Gasteiger partial charge in [0.2, 0.25) is 5.91 Å². The van der Waals surface area contributed by atoms with E-state index < -0.39 is 6.09 Å². The quantitative estimate of drug-likeness (QED) is 0.367. The van der Waals surface area contributed by atoms with Gasteiger partial charge >= 0.3 is 6.09 Å². The Hall–Kier alpha value is -3.88. The molecule has 3 aromatic carbocycles. The van der Waals surface area contributed by atoms with Crippen LogP contribution in [-0.2, 0) is 22.6 Å². The molecule has 1 aliphatic rings. The van der Waals surface area contributed by atoms with Crippen LogP contribution in [0.5, 0.6) is 5.75 Å². The summed E-state index contributed by atoms with van der Waals surface area (Å²) in [5.41, 5.74) is 4.72. The summed E-state index contributed by atoms with van der Waals surface area (Å²) in [4.78, 5) is 27.6. The van der Waals surface area contributed by atoms with Gasteiger partial charge in [0.1, 0.15) is 11.9 Å². The summed E-state index contributed by atoms with van der Waals surface area (Å²) in [6.07, 6.45) is 1.90. The van der Waals surface area contributed by atoms with E-state index in [0.717, 1.165) is 42.6 Å². The molecular weight excluding hydrogens is 482 g/mol. The predicted molar refractivity (Wildman–Crippen MR) is 148 cm³/mol. The second kappa shape index (κ2) is 13.1. The van der Waals surface area contributed by atoms with E-state index in [2.05, 4.69) is 22.6 Å². The Morgan fingerprint density at radius 2 is 1.66 bits per heavy atom. The number of piperidine rings is 1. The summed E-state index contributed by atoms with van der Waals surface area (Å²) in [5, 5.41) is 15.1. The highest BCUT2D eigenvalue weighted by atomic mass is 16.6. The minimum absolute atomic E-state index is 0.0809. The third-order valence-corrected chi connectivity index (χ3v) is 6.71. The topological polar surface area (TPSA) is 100 Å². The molecular formula is C30H35N3O5. The number of anilines is 2. The van der Waals surface area contributed by atoms with E-state index >= 15 is 0 Å². The lowest BCUT2D eigenvalue weighted by atomic mass is 9.99. The molecule has 0 saturated carbocycles. The first-order valence-electron chi connectivity index (χ1n) is 12.9. The zero-order valence-electron chi connectivity index (χ0n) is 21.9. The highest BCUT2D eigenvalue weighted by Gasteiger charge is 2.21. The number of benzene rings is 3. The fourth-order valence-electron chi connectivity index (χ4n) is 4.51. The second-order valence-corrected chi connectivity index (χ2v) is 9.52. The van der Waals surface area contributed by atoms with Crippen molar-refractivity contribution in [3.8, 4) is 16.9 Å². The maximum atomic E-state index is 12.7. The Kier molecular flexibility index (Phi) is 9.35. The zero-order valence-corrected chi connectivity index (χ0v) is 21.9. The van der Waals surface area contributed by atoms with Crippen LogP contribution in [0.4, 0.5) is 16.2 Å². The van der Waals surface area contributed by atoms with Crippen molar-refractivity contribution in [2.24, 2.45) is 0 Å². The first-order valence-corrected chi connectivity index (χ1v) is 12.9. The number of likely N-dealkylation sites (tertiary alicyclic amines) is 1. The molecule has 8 heteroatoms. The molecule has 0 aliphatic carbocycles. The molecule has 0 bridgehead atoms. The van der Waals surface area contributed by atoms with Gasteiger partial charge in [0.05, 0.1) is 25.1 Å². The number of carbonyl (C=O) groups is 2. The number of ether oxygens (including phenoxy) is 2. The van der Waals surface area contributed by atoms with Crippen molar-refractivity contribution in [1.29, 1.82) is 0 Å². The normalized spacial score (nSPS) is 14.1. The van der Waals surface area contributed by atoms with Gasteiger partial charge in [-0.2, -0.15) is 0 Å². The van der Waals surface area contributed by atoms with Crippen LogP contribution in [0.1, 0.15) is 30.4 Å². The number of hydrogen-bond acceptors (Lipinski definition) is 6. The van der Waals surface area contributed by atoms with Crippen LogP contribution in [0, 0.1) is 0 Å². The lowest BCUT2D eigenvalue weighted by Crippen LogP contribution is -2.36. The summed E-state index contributed by atoms with van der Waals surface area (Å²) in [7, 11) is 3.59. The van der Waals surface area contributed by atoms with Gasteiger partial charge in [-0.05, 0) is 67.3 Å². The number of nitrogens with one attached hydrogen (secondary N) is 2. The maximum absolute atomic E-state index is 12.7. The van der Waals surface area contributed by atoms with Gasteiger partial charge in [-0.3, -0.25) is 10.1 Å². The summed E-state index contributed by atoms with van der Waals surface area (Å²) >= 11 is 0. The molecule has 38 heavy (non-hydrogen) atoms. The monoisotopic (exact) mass is 517 g/mol. The highest BCUT2D eigenvalue weighted by molar-refractivity contribution is 5.93. The molecule has 0 aromatic heterocycles. The first kappa shape index (κ1) is 27.2. The molecule has 3 N–H and O–H groups in total. The number of nitrogens with zero attached hydrogens (tertiary/aromatic N) is 1. The molecule has 8 nitrogen and oxygen atoms in total. The maximum Gasteiger partial charge on any atom is 0.411 e. The smallest absolute Gasteiger partial charge is 0.411 e. The zero-order chi connectivity index (χ0) is 26.9. The first-order chi connectivity index (χ1) is 18.4. The Labute approximate surface area is 223 Å². The Bertz CT molecular complexity index is 1240. The van der Waals surface area contributed by atoms with E-state index in [1.54, 1.807) is 18.2 Å². The fourth-order valence-corrected chi connectivity index (χ4v) is 4.51. The average molecular weight is 518 g/mol. The Balaban J connectivity index is 1.43. The number of methoxy groups -OCH3 is 1.